The maximum Gasteiger partial charge on any atom is 0.325 e. The third kappa shape index (κ3) is 4.26. The zero-order chi connectivity index (χ0) is 16.2. The van der Waals surface area contributed by atoms with Gasteiger partial charge in [-0.3, -0.25) is 14.3 Å². The van der Waals surface area contributed by atoms with Gasteiger partial charge >= 0.3 is 5.97 Å². The van der Waals surface area contributed by atoms with E-state index in [0.29, 0.717) is 0 Å². The number of rotatable bonds is 7. The number of carboxylic acid groups (broad SMARTS) is 1. The summed E-state index contributed by atoms with van der Waals surface area (Å²) in [6.45, 7) is 1.19. The summed E-state index contributed by atoms with van der Waals surface area (Å²) >= 11 is 0. The molecule has 1 unspecified atom stereocenters. The van der Waals surface area contributed by atoms with E-state index in [1.54, 1.807) is 6.92 Å². The second-order valence-corrected chi connectivity index (χ2v) is 6.61. The van der Waals surface area contributed by atoms with Crippen molar-refractivity contribution < 1.29 is 23.1 Å². The summed E-state index contributed by atoms with van der Waals surface area (Å²) in [4.78, 5) is 21.9. The van der Waals surface area contributed by atoms with E-state index in [1.165, 1.54) is 14.1 Å². The Hall–Kier alpha value is -1.94. The van der Waals surface area contributed by atoms with Crippen LogP contribution in [0.15, 0.2) is 17.3 Å². The van der Waals surface area contributed by atoms with Crippen molar-refractivity contribution in [1.82, 2.24) is 19.4 Å². The third-order valence-corrected chi connectivity index (χ3v) is 4.62. The topological polar surface area (TPSA) is 122 Å². The first kappa shape index (κ1) is 17.1. The number of hydrogen-bond acceptors (Lipinski definition) is 5. The molecule has 0 fully saturated rings. The van der Waals surface area contributed by atoms with Gasteiger partial charge in [-0.1, -0.05) is 6.92 Å². The van der Waals surface area contributed by atoms with Gasteiger partial charge < -0.3 is 10.4 Å². The Balaban J connectivity index is 2.87. The number of hydrogen-bond donors (Lipinski definition) is 2. The highest BCUT2D eigenvalue weighted by Crippen LogP contribution is 2.14. The lowest BCUT2D eigenvalue weighted by molar-refractivity contribution is -0.137. The molecule has 1 atom stereocenters. The summed E-state index contributed by atoms with van der Waals surface area (Å²) in [5.74, 6) is -1.90. The predicted octanol–water partition coefficient (Wildman–Crippen LogP) is -1.03. The molecule has 1 amide bonds. The molecule has 0 aromatic carbocycles. The Kier molecular flexibility index (Phi) is 5.44. The Morgan fingerprint density at radius 2 is 2.14 bits per heavy atom. The van der Waals surface area contributed by atoms with Crippen molar-refractivity contribution >= 4 is 21.9 Å². The van der Waals surface area contributed by atoms with Gasteiger partial charge in [0.05, 0.1) is 6.20 Å². The molecule has 1 aromatic heterocycles. The zero-order valence-electron chi connectivity index (χ0n) is 12.0. The summed E-state index contributed by atoms with van der Waals surface area (Å²) < 4.78 is 26.6. The maximum absolute atomic E-state index is 12.3. The number of nitrogens with one attached hydrogen (secondary N) is 1. The monoisotopic (exact) mass is 318 g/mol. The van der Waals surface area contributed by atoms with E-state index >= 15 is 0 Å². The maximum atomic E-state index is 12.3. The molecule has 21 heavy (non-hydrogen) atoms. The highest BCUT2D eigenvalue weighted by Gasteiger charge is 2.26. The van der Waals surface area contributed by atoms with Crippen molar-refractivity contribution in [2.24, 2.45) is 5.92 Å². The lowest BCUT2D eigenvalue weighted by Gasteiger charge is -2.19. The molecule has 0 bridgehead atoms. The van der Waals surface area contributed by atoms with Gasteiger partial charge in [-0.25, -0.2) is 12.7 Å². The van der Waals surface area contributed by atoms with E-state index in [1.807, 2.05) is 0 Å². The molecule has 2 N–H and O–H groups in total. The molecule has 0 radical (unpaired) electrons. The number of aromatic nitrogens is 2. The number of carboxylic acids is 1. The molecule has 0 aliphatic carbocycles. The number of sulfonamides is 1. The Morgan fingerprint density at radius 3 is 2.67 bits per heavy atom. The molecule has 1 heterocycles. The molecule has 118 valence electrons. The zero-order valence-corrected chi connectivity index (χ0v) is 12.8. The number of amides is 1. The first-order valence-electron chi connectivity index (χ1n) is 6.10. The van der Waals surface area contributed by atoms with E-state index in [0.717, 1.165) is 21.4 Å². The summed E-state index contributed by atoms with van der Waals surface area (Å²) in [6.07, 6.45) is 2.23. The van der Waals surface area contributed by atoms with Crippen molar-refractivity contribution in [3.63, 3.8) is 0 Å². The Morgan fingerprint density at radius 1 is 1.52 bits per heavy atom. The van der Waals surface area contributed by atoms with Crippen molar-refractivity contribution in [2.45, 2.75) is 18.4 Å². The van der Waals surface area contributed by atoms with Gasteiger partial charge in [-0.15, -0.1) is 0 Å². The molecule has 0 aliphatic heterocycles. The van der Waals surface area contributed by atoms with Gasteiger partial charge in [0.25, 0.3) is 0 Å². The molecule has 1 rings (SSSR count). The molecular formula is C11H18N4O5S. The van der Waals surface area contributed by atoms with E-state index in [4.69, 9.17) is 5.11 Å². The fourth-order valence-corrected chi connectivity index (χ4v) is 2.91. The fraction of sp³-hybridized carbons (Fsp3) is 0.545. The first-order chi connectivity index (χ1) is 9.68. The molecular weight excluding hydrogens is 300 g/mol. The van der Waals surface area contributed by atoms with Crippen molar-refractivity contribution in [1.29, 1.82) is 0 Å². The van der Waals surface area contributed by atoms with Gasteiger partial charge in [0.2, 0.25) is 15.9 Å². The van der Waals surface area contributed by atoms with E-state index in [-0.39, 0.29) is 17.3 Å². The summed E-state index contributed by atoms with van der Waals surface area (Å²) in [5.41, 5.74) is 0. The van der Waals surface area contributed by atoms with Crippen LogP contribution < -0.4 is 5.32 Å². The van der Waals surface area contributed by atoms with Crippen LogP contribution in [0.3, 0.4) is 0 Å². The third-order valence-electron chi connectivity index (χ3n) is 2.84. The number of carbonyl (C=O) groups excluding carboxylic acids is 1. The van der Waals surface area contributed by atoms with Crippen LogP contribution in [0, 0.1) is 5.92 Å². The van der Waals surface area contributed by atoms with Gasteiger partial charge in [0.15, 0.2) is 0 Å². The number of carbonyl (C=O) groups is 2. The van der Waals surface area contributed by atoms with Crippen molar-refractivity contribution in [2.75, 3.05) is 20.6 Å². The molecule has 9 nitrogen and oxygen atoms in total. The smallest absolute Gasteiger partial charge is 0.325 e. The molecule has 10 heteroatoms. The average Bonchev–Trinajstić information content (AvgIpc) is 2.85. The van der Waals surface area contributed by atoms with Crippen LogP contribution in [0.25, 0.3) is 0 Å². The largest absolute Gasteiger partial charge is 0.480 e. The van der Waals surface area contributed by atoms with Crippen LogP contribution in [-0.4, -0.2) is 60.1 Å². The van der Waals surface area contributed by atoms with Gasteiger partial charge in [-0.05, 0) is 0 Å². The van der Waals surface area contributed by atoms with Crippen LogP contribution in [0.4, 0.5) is 0 Å². The molecule has 1 aromatic rings. The van der Waals surface area contributed by atoms with Crippen LogP contribution in [0.1, 0.15) is 6.92 Å². The number of nitrogens with zero attached hydrogens (tertiary/aromatic N) is 3. The highest BCUT2D eigenvalue weighted by molar-refractivity contribution is 7.89. The van der Waals surface area contributed by atoms with E-state index < -0.39 is 28.5 Å². The molecule has 0 aliphatic rings. The second kappa shape index (κ2) is 6.68. The van der Waals surface area contributed by atoms with Crippen molar-refractivity contribution in [3.05, 3.63) is 12.4 Å². The SMILES string of the molecule is CNC(=O)C(C)CN(C)S(=O)(=O)c1cnn(CC(=O)O)c1. The number of aliphatic carboxylic acids is 1. The minimum atomic E-state index is -3.81. The minimum Gasteiger partial charge on any atom is -0.480 e. The van der Waals surface area contributed by atoms with Crippen LogP contribution >= 0.6 is 0 Å². The normalized spacial score (nSPS) is 13.1. The highest BCUT2D eigenvalue weighted by atomic mass is 32.2. The molecule has 0 saturated heterocycles. The quantitative estimate of drug-likeness (QED) is 0.663. The van der Waals surface area contributed by atoms with E-state index in [9.17, 15) is 18.0 Å². The predicted molar refractivity (Wildman–Crippen MR) is 72.9 cm³/mol. The summed E-state index contributed by atoms with van der Waals surface area (Å²) in [5, 5.41) is 14.8. The fourth-order valence-electron chi connectivity index (χ4n) is 1.70. The molecule has 0 spiro atoms. The summed E-state index contributed by atoms with van der Waals surface area (Å²) in [7, 11) is -0.988. The van der Waals surface area contributed by atoms with Crippen LogP contribution in [-0.2, 0) is 26.2 Å². The van der Waals surface area contributed by atoms with Gasteiger partial charge in [0, 0.05) is 32.8 Å². The van der Waals surface area contributed by atoms with Gasteiger partial charge in [-0.2, -0.15) is 5.10 Å². The van der Waals surface area contributed by atoms with Gasteiger partial charge in [0.1, 0.15) is 11.4 Å². The lowest BCUT2D eigenvalue weighted by atomic mass is 10.2. The second-order valence-electron chi connectivity index (χ2n) is 4.57. The lowest BCUT2D eigenvalue weighted by Crippen LogP contribution is -2.37. The average molecular weight is 318 g/mol. The van der Waals surface area contributed by atoms with Crippen molar-refractivity contribution in [3.8, 4) is 0 Å². The molecule has 0 saturated carbocycles. The Bertz CT molecular complexity index is 624. The standard InChI is InChI=1S/C11H18N4O5S/c1-8(11(18)12-2)5-14(3)21(19,20)9-4-13-15(6-9)7-10(16)17/h4,6,8H,5,7H2,1-3H3,(H,12,18)(H,16,17). The van der Waals surface area contributed by atoms with Crippen LogP contribution in [0.5, 0.6) is 0 Å². The van der Waals surface area contributed by atoms with Crippen LogP contribution in [0.2, 0.25) is 0 Å². The minimum absolute atomic E-state index is 0.00607. The first-order valence-corrected chi connectivity index (χ1v) is 7.54. The summed E-state index contributed by atoms with van der Waals surface area (Å²) in [6, 6.07) is 0. The Labute approximate surface area is 122 Å². The van der Waals surface area contributed by atoms with E-state index in [2.05, 4.69) is 10.4 Å².